The summed E-state index contributed by atoms with van der Waals surface area (Å²) in [6.45, 7) is 3.51. The maximum atomic E-state index is 10.9. The molecule has 1 unspecified atom stereocenters. The van der Waals surface area contributed by atoms with Gasteiger partial charge < -0.3 is 11.1 Å². The summed E-state index contributed by atoms with van der Waals surface area (Å²) in [5, 5.41) is 7.84. The van der Waals surface area contributed by atoms with E-state index in [9.17, 15) is 8.42 Å². The lowest BCUT2D eigenvalue weighted by atomic mass is 10.3. The number of primary sulfonamides is 1. The van der Waals surface area contributed by atoms with Crippen LogP contribution in [0.1, 0.15) is 0 Å². The van der Waals surface area contributed by atoms with Crippen molar-refractivity contribution in [3.8, 4) is 0 Å². The topological polar surface area (TPSA) is 98.2 Å². The number of rotatable bonds is 4. The highest BCUT2D eigenvalue weighted by molar-refractivity contribution is 7.89. The first-order valence-electron chi connectivity index (χ1n) is 4.21. The molecule has 1 aromatic rings. The molecule has 0 radical (unpaired) electrons. The molecule has 15 heavy (non-hydrogen) atoms. The summed E-state index contributed by atoms with van der Waals surface area (Å²) in [4.78, 5) is 0.0697. The first kappa shape index (κ1) is 11.7. The van der Waals surface area contributed by atoms with Crippen LogP contribution in [0, 0.1) is 0 Å². The van der Waals surface area contributed by atoms with Gasteiger partial charge in [0.05, 0.1) is 11.1 Å². The molecule has 1 atom stereocenters. The molecule has 0 aliphatic heterocycles. The van der Waals surface area contributed by atoms with Crippen LogP contribution in [0.3, 0.4) is 0 Å². The molecule has 0 spiro atoms. The standard InChI is InChI=1S/C9H13N3O2S/c1-2-9(10)12-7-3-5-8(6-4-7)15(11,13)14/h2-6,9,12H,1,10H2,(H2,11,13,14). The second kappa shape index (κ2) is 4.43. The molecule has 5 N–H and O–H groups in total. The van der Waals surface area contributed by atoms with Gasteiger partial charge in [0.15, 0.2) is 0 Å². The molecule has 0 aliphatic carbocycles. The number of benzene rings is 1. The molecule has 82 valence electrons. The third-order valence-electron chi connectivity index (χ3n) is 1.77. The van der Waals surface area contributed by atoms with Crippen molar-refractivity contribution in [2.45, 2.75) is 11.1 Å². The number of sulfonamides is 1. The number of anilines is 1. The van der Waals surface area contributed by atoms with Crippen molar-refractivity contribution < 1.29 is 8.42 Å². The normalized spacial score (nSPS) is 13.2. The lowest BCUT2D eigenvalue weighted by molar-refractivity contribution is 0.598. The van der Waals surface area contributed by atoms with Crippen LogP contribution in [0.4, 0.5) is 5.69 Å². The van der Waals surface area contributed by atoms with Gasteiger partial charge >= 0.3 is 0 Å². The molecular weight excluding hydrogens is 214 g/mol. The molecule has 0 saturated carbocycles. The molecule has 0 bridgehead atoms. The zero-order valence-corrected chi connectivity index (χ0v) is 8.87. The molecule has 1 aromatic carbocycles. The summed E-state index contributed by atoms with van der Waals surface area (Å²) in [5.41, 5.74) is 6.26. The highest BCUT2D eigenvalue weighted by atomic mass is 32.2. The van der Waals surface area contributed by atoms with Gasteiger partial charge in [0.1, 0.15) is 0 Å². The van der Waals surface area contributed by atoms with Crippen LogP contribution in [0.2, 0.25) is 0 Å². The average molecular weight is 227 g/mol. The van der Waals surface area contributed by atoms with Crippen molar-refractivity contribution in [3.05, 3.63) is 36.9 Å². The number of nitrogens with two attached hydrogens (primary N) is 2. The van der Waals surface area contributed by atoms with Gasteiger partial charge in [-0.05, 0) is 24.3 Å². The Morgan fingerprint density at radius 2 is 1.87 bits per heavy atom. The second-order valence-corrected chi connectivity index (χ2v) is 4.54. The minimum Gasteiger partial charge on any atom is -0.367 e. The van der Waals surface area contributed by atoms with Gasteiger partial charge in [0, 0.05) is 5.69 Å². The highest BCUT2D eigenvalue weighted by Crippen LogP contribution is 2.12. The van der Waals surface area contributed by atoms with Gasteiger partial charge in [0.2, 0.25) is 10.0 Å². The van der Waals surface area contributed by atoms with Crippen molar-refractivity contribution >= 4 is 15.7 Å². The van der Waals surface area contributed by atoms with Gasteiger partial charge in [-0.3, -0.25) is 0 Å². The van der Waals surface area contributed by atoms with Crippen LogP contribution in [-0.2, 0) is 10.0 Å². The minimum absolute atomic E-state index is 0.0697. The Morgan fingerprint density at radius 1 is 1.33 bits per heavy atom. The monoisotopic (exact) mass is 227 g/mol. The fraction of sp³-hybridized carbons (Fsp3) is 0.111. The van der Waals surface area contributed by atoms with E-state index in [2.05, 4.69) is 11.9 Å². The quantitative estimate of drug-likeness (QED) is 0.506. The van der Waals surface area contributed by atoms with Crippen molar-refractivity contribution in [2.24, 2.45) is 10.9 Å². The van der Waals surface area contributed by atoms with Crippen molar-refractivity contribution in [1.82, 2.24) is 0 Å². The fourth-order valence-corrected chi connectivity index (χ4v) is 1.51. The molecule has 0 aliphatic rings. The molecule has 6 heteroatoms. The maximum absolute atomic E-state index is 10.9. The van der Waals surface area contributed by atoms with Crippen LogP contribution in [-0.4, -0.2) is 14.6 Å². The van der Waals surface area contributed by atoms with Gasteiger partial charge in [-0.1, -0.05) is 12.7 Å². The predicted octanol–water partition coefficient (Wildman–Crippen LogP) is 0.217. The van der Waals surface area contributed by atoms with E-state index in [0.717, 1.165) is 0 Å². The smallest absolute Gasteiger partial charge is 0.238 e. The van der Waals surface area contributed by atoms with Crippen LogP contribution >= 0.6 is 0 Å². The fourth-order valence-electron chi connectivity index (χ4n) is 0.992. The zero-order valence-electron chi connectivity index (χ0n) is 8.05. The largest absolute Gasteiger partial charge is 0.367 e. The Labute approximate surface area is 88.8 Å². The van der Waals surface area contributed by atoms with Crippen LogP contribution in [0.15, 0.2) is 41.8 Å². The molecular formula is C9H13N3O2S. The molecule has 5 nitrogen and oxygen atoms in total. The lowest BCUT2D eigenvalue weighted by Gasteiger charge is -2.10. The van der Waals surface area contributed by atoms with Crippen molar-refractivity contribution in [1.29, 1.82) is 0 Å². The van der Waals surface area contributed by atoms with Gasteiger partial charge in [-0.15, -0.1) is 0 Å². The first-order chi connectivity index (χ1) is 6.93. The van der Waals surface area contributed by atoms with E-state index >= 15 is 0 Å². The Kier molecular flexibility index (Phi) is 3.46. The lowest BCUT2D eigenvalue weighted by Crippen LogP contribution is -2.26. The summed E-state index contributed by atoms with van der Waals surface area (Å²) in [6, 6.07) is 5.99. The van der Waals surface area contributed by atoms with E-state index in [4.69, 9.17) is 10.9 Å². The molecule has 0 aromatic heterocycles. The van der Waals surface area contributed by atoms with E-state index in [-0.39, 0.29) is 11.1 Å². The third kappa shape index (κ3) is 3.35. The highest BCUT2D eigenvalue weighted by Gasteiger charge is 2.06. The van der Waals surface area contributed by atoms with Crippen molar-refractivity contribution in [3.63, 3.8) is 0 Å². The molecule has 0 amide bonds. The molecule has 0 fully saturated rings. The van der Waals surface area contributed by atoms with E-state index in [1.807, 2.05) is 0 Å². The average Bonchev–Trinajstić information content (AvgIpc) is 2.17. The summed E-state index contributed by atoms with van der Waals surface area (Å²) in [5.74, 6) is 0. The Hall–Kier alpha value is -1.37. The van der Waals surface area contributed by atoms with Crippen LogP contribution < -0.4 is 16.2 Å². The molecule has 0 heterocycles. The van der Waals surface area contributed by atoms with E-state index in [0.29, 0.717) is 5.69 Å². The van der Waals surface area contributed by atoms with E-state index < -0.39 is 10.0 Å². The first-order valence-corrected chi connectivity index (χ1v) is 5.75. The van der Waals surface area contributed by atoms with Gasteiger partial charge in [-0.2, -0.15) is 0 Å². The van der Waals surface area contributed by atoms with Gasteiger partial charge in [-0.25, -0.2) is 13.6 Å². The SMILES string of the molecule is C=CC(N)Nc1ccc(S(N)(=O)=O)cc1. The molecule has 0 saturated heterocycles. The number of hydrogen-bond acceptors (Lipinski definition) is 4. The molecule has 1 rings (SSSR count). The summed E-state index contributed by atoms with van der Waals surface area (Å²) < 4.78 is 21.9. The Bertz CT molecular complexity index is 439. The predicted molar refractivity (Wildman–Crippen MR) is 59.6 cm³/mol. The summed E-state index contributed by atoms with van der Waals surface area (Å²) in [7, 11) is -3.63. The third-order valence-corrected chi connectivity index (χ3v) is 2.70. The maximum Gasteiger partial charge on any atom is 0.238 e. The summed E-state index contributed by atoms with van der Waals surface area (Å²) in [6.07, 6.45) is 1.17. The van der Waals surface area contributed by atoms with Gasteiger partial charge in [0.25, 0.3) is 0 Å². The minimum atomic E-state index is -3.63. The Morgan fingerprint density at radius 3 is 2.27 bits per heavy atom. The van der Waals surface area contributed by atoms with E-state index in [1.165, 1.54) is 18.2 Å². The van der Waals surface area contributed by atoms with E-state index in [1.54, 1.807) is 12.1 Å². The van der Waals surface area contributed by atoms with Crippen molar-refractivity contribution in [2.75, 3.05) is 5.32 Å². The second-order valence-electron chi connectivity index (χ2n) is 2.98. The number of hydrogen-bond donors (Lipinski definition) is 3. The summed E-state index contributed by atoms with van der Waals surface area (Å²) >= 11 is 0. The van der Waals surface area contributed by atoms with Crippen LogP contribution in [0.5, 0.6) is 0 Å². The zero-order chi connectivity index (χ0) is 11.5. The number of nitrogens with one attached hydrogen (secondary N) is 1. The van der Waals surface area contributed by atoms with Crippen LogP contribution in [0.25, 0.3) is 0 Å². The Balaban J connectivity index is 2.86.